The number of Topliss-reactive ketones (excluding diaryl/α,β-unsaturated/α-hetero) is 1. The molecule has 3 rings (SSSR count). The summed E-state index contributed by atoms with van der Waals surface area (Å²) >= 11 is 9.32. The van der Waals surface area contributed by atoms with Gasteiger partial charge in [-0.1, -0.05) is 35.9 Å². The van der Waals surface area contributed by atoms with Crippen LogP contribution in [0.3, 0.4) is 0 Å². The fourth-order valence-electron chi connectivity index (χ4n) is 3.23. The quantitative estimate of drug-likeness (QED) is 0.487. The Morgan fingerprint density at radius 3 is 2.34 bits per heavy atom. The van der Waals surface area contributed by atoms with Crippen molar-refractivity contribution in [2.75, 3.05) is 0 Å². The van der Waals surface area contributed by atoms with Crippen molar-refractivity contribution in [1.82, 2.24) is 9.78 Å². The molecule has 0 aliphatic rings. The maximum Gasteiger partial charge on any atom is 0.307 e. The molecule has 0 unspecified atom stereocenters. The fraction of sp³-hybridized carbons (Fsp3) is 0.227. The number of hydrogen-bond acceptors (Lipinski definition) is 3. The minimum Gasteiger partial charge on any atom is -0.481 e. The number of halogens is 2. The van der Waals surface area contributed by atoms with E-state index < -0.39 is 5.97 Å². The summed E-state index contributed by atoms with van der Waals surface area (Å²) in [7, 11) is 0. The molecule has 0 saturated carbocycles. The van der Waals surface area contributed by atoms with Crippen molar-refractivity contribution in [3.05, 3.63) is 85.6 Å². The van der Waals surface area contributed by atoms with Crippen LogP contribution in [0.4, 0.5) is 0 Å². The molecule has 0 fully saturated rings. The second kappa shape index (κ2) is 8.93. The van der Waals surface area contributed by atoms with Crippen molar-refractivity contribution in [3.63, 3.8) is 0 Å². The van der Waals surface area contributed by atoms with E-state index in [0.29, 0.717) is 28.0 Å². The number of aromatic nitrogens is 2. The van der Waals surface area contributed by atoms with E-state index in [2.05, 4.69) is 21.0 Å². The SMILES string of the molecule is Cc1nn(Cc2ccc(CC(=O)c3ccc(Cl)cc3Br)cc2)c(C)c1CC(=O)O. The molecular formula is C22H20BrClN2O3. The third-order valence-corrected chi connectivity index (χ3v) is 5.70. The molecule has 1 N–H and O–H groups in total. The number of rotatable bonds is 7. The third kappa shape index (κ3) is 5.14. The number of carboxylic acid groups (broad SMARTS) is 1. The van der Waals surface area contributed by atoms with Crippen LogP contribution in [0, 0.1) is 13.8 Å². The van der Waals surface area contributed by atoms with E-state index in [9.17, 15) is 9.59 Å². The van der Waals surface area contributed by atoms with Crippen LogP contribution >= 0.6 is 27.5 Å². The predicted molar refractivity (Wildman–Crippen MR) is 116 cm³/mol. The highest BCUT2D eigenvalue weighted by molar-refractivity contribution is 9.10. The lowest BCUT2D eigenvalue weighted by Gasteiger charge is -2.08. The Morgan fingerprint density at radius 2 is 1.72 bits per heavy atom. The second-order valence-corrected chi connectivity index (χ2v) is 8.21. The number of hydrogen-bond donors (Lipinski definition) is 1. The number of benzene rings is 2. The number of ketones is 1. The first-order valence-corrected chi connectivity index (χ1v) is 10.2. The van der Waals surface area contributed by atoms with Crippen LogP contribution in [0.5, 0.6) is 0 Å². The van der Waals surface area contributed by atoms with Gasteiger partial charge in [0.25, 0.3) is 0 Å². The molecule has 0 bridgehead atoms. The summed E-state index contributed by atoms with van der Waals surface area (Å²) in [4.78, 5) is 23.6. The monoisotopic (exact) mass is 474 g/mol. The molecule has 1 heterocycles. The highest BCUT2D eigenvalue weighted by Crippen LogP contribution is 2.23. The van der Waals surface area contributed by atoms with Crippen molar-refractivity contribution in [1.29, 1.82) is 0 Å². The molecular weight excluding hydrogens is 456 g/mol. The Kier molecular flexibility index (Phi) is 6.55. The van der Waals surface area contributed by atoms with Crippen molar-refractivity contribution in [3.8, 4) is 0 Å². The molecule has 0 amide bonds. The van der Waals surface area contributed by atoms with Crippen LogP contribution < -0.4 is 0 Å². The van der Waals surface area contributed by atoms with E-state index in [0.717, 1.165) is 28.1 Å². The first kappa shape index (κ1) is 21.3. The van der Waals surface area contributed by atoms with E-state index in [1.54, 1.807) is 18.2 Å². The van der Waals surface area contributed by atoms with Gasteiger partial charge in [-0.05, 0) is 59.1 Å². The van der Waals surface area contributed by atoms with Gasteiger partial charge in [0.05, 0.1) is 18.7 Å². The number of carbonyl (C=O) groups is 2. The number of nitrogens with zero attached hydrogens (tertiary/aromatic N) is 2. The molecule has 1 aromatic heterocycles. The Hall–Kier alpha value is -2.44. The van der Waals surface area contributed by atoms with Gasteiger partial charge in [-0.3, -0.25) is 14.3 Å². The number of carboxylic acids is 1. The maximum absolute atomic E-state index is 12.6. The average Bonchev–Trinajstić information content (AvgIpc) is 2.90. The lowest BCUT2D eigenvalue weighted by Crippen LogP contribution is -2.07. The lowest BCUT2D eigenvalue weighted by molar-refractivity contribution is -0.136. The summed E-state index contributed by atoms with van der Waals surface area (Å²) in [6, 6.07) is 12.9. The standard InChI is InChI=1S/C22H20BrClN2O3/c1-13-19(11-22(28)29)14(2)26(25-13)12-16-5-3-15(4-6-16)9-21(27)18-8-7-17(24)10-20(18)23/h3-8,10H,9,11-12H2,1-2H3,(H,28,29). The molecule has 0 aliphatic carbocycles. The van der Waals surface area contributed by atoms with Gasteiger partial charge in [0.15, 0.2) is 5.78 Å². The summed E-state index contributed by atoms with van der Waals surface area (Å²) in [6.07, 6.45) is 0.266. The van der Waals surface area contributed by atoms with Crippen molar-refractivity contribution in [2.45, 2.75) is 33.2 Å². The molecule has 0 atom stereocenters. The van der Waals surface area contributed by atoms with E-state index in [4.69, 9.17) is 16.7 Å². The third-order valence-electron chi connectivity index (χ3n) is 4.81. The Balaban J connectivity index is 1.71. The van der Waals surface area contributed by atoms with Crippen LogP contribution in [0.1, 0.15) is 38.4 Å². The fourth-order valence-corrected chi connectivity index (χ4v) is 4.13. The number of carbonyl (C=O) groups excluding carboxylic acids is 1. The molecule has 0 aliphatic heterocycles. The zero-order valence-corrected chi connectivity index (χ0v) is 18.4. The molecule has 5 nitrogen and oxygen atoms in total. The van der Waals surface area contributed by atoms with Crippen LogP contribution in [-0.4, -0.2) is 26.6 Å². The topological polar surface area (TPSA) is 72.2 Å². The summed E-state index contributed by atoms with van der Waals surface area (Å²) in [5.74, 6) is -0.852. The van der Waals surface area contributed by atoms with Gasteiger partial charge in [0.2, 0.25) is 0 Å². The largest absolute Gasteiger partial charge is 0.481 e. The van der Waals surface area contributed by atoms with Gasteiger partial charge in [0.1, 0.15) is 0 Å². The summed E-state index contributed by atoms with van der Waals surface area (Å²) in [6.45, 7) is 4.25. The highest BCUT2D eigenvalue weighted by Gasteiger charge is 2.15. The first-order chi connectivity index (χ1) is 13.7. The smallest absolute Gasteiger partial charge is 0.307 e. The van der Waals surface area contributed by atoms with Gasteiger partial charge in [-0.25, -0.2) is 0 Å². The molecule has 0 radical (unpaired) electrons. The Labute approximate surface area is 182 Å². The van der Waals surface area contributed by atoms with E-state index in [-0.39, 0.29) is 12.2 Å². The Morgan fingerprint density at radius 1 is 1.07 bits per heavy atom. The second-order valence-electron chi connectivity index (χ2n) is 6.92. The van der Waals surface area contributed by atoms with Crippen LogP contribution in [-0.2, 0) is 24.2 Å². The average molecular weight is 476 g/mol. The molecule has 3 aromatic rings. The minimum atomic E-state index is -0.864. The molecule has 150 valence electrons. The molecule has 0 saturated heterocycles. The van der Waals surface area contributed by atoms with Crippen LogP contribution in [0.25, 0.3) is 0 Å². The van der Waals surface area contributed by atoms with E-state index >= 15 is 0 Å². The zero-order chi connectivity index (χ0) is 21.1. The van der Waals surface area contributed by atoms with Gasteiger partial charge in [-0.15, -0.1) is 0 Å². The van der Waals surface area contributed by atoms with E-state index in [1.165, 1.54) is 0 Å². The van der Waals surface area contributed by atoms with Gasteiger partial charge in [-0.2, -0.15) is 5.10 Å². The normalized spacial score (nSPS) is 10.9. The molecule has 2 aromatic carbocycles. The summed E-state index contributed by atoms with van der Waals surface area (Å²) < 4.78 is 2.51. The van der Waals surface area contributed by atoms with Gasteiger partial charge < -0.3 is 5.11 Å². The van der Waals surface area contributed by atoms with Gasteiger partial charge in [0, 0.05) is 32.7 Å². The van der Waals surface area contributed by atoms with Gasteiger partial charge >= 0.3 is 5.97 Å². The molecule has 7 heteroatoms. The summed E-state index contributed by atoms with van der Waals surface area (Å²) in [5.41, 5.74) is 4.90. The lowest BCUT2D eigenvalue weighted by atomic mass is 10.0. The number of aryl methyl sites for hydroxylation is 1. The molecule has 29 heavy (non-hydrogen) atoms. The molecule has 0 spiro atoms. The van der Waals surface area contributed by atoms with Crippen molar-refractivity contribution < 1.29 is 14.7 Å². The van der Waals surface area contributed by atoms with Crippen LogP contribution in [0.2, 0.25) is 5.02 Å². The van der Waals surface area contributed by atoms with E-state index in [1.807, 2.05) is 42.8 Å². The minimum absolute atomic E-state index is 0.0122. The predicted octanol–water partition coefficient (Wildman–Crippen LogP) is 5.02. The van der Waals surface area contributed by atoms with Crippen LogP contribution in [0.15, 0.2) is 46.9 Å². The van der Waals surface area contributed by atoms with Crippen molar-refractivity contribution >= 4 is 39.3 Å². The Bertz CT molecular complexity index is 1070. The number of aliphatic carboxylic acids is 1. The first-order valence-electron chi connectivity index (χ1n) is 9.05. The highest BCUT2D eigenvalue weighted by atomic mass is 79.9. The maximum atomic E-state index is 12.6. The van der Waals surface area contributed by atoms with Crippen molar-refractivity contribution in [2.24, 2.45) is 0 Å². The summed E-state index contributed by atoms with van der Waals surface area (Å²) in [5, 5.41) is 14.1. The zero-order valence-electron chi connectivity index (χ0n) is 16.1.